The standard InChI is InChI=1S/C17H27N3O3/c1-12-6-7-13(18-8-12)9-19-14-10-20(11-15(14)22-5)16(21)23-17(2,3)4/h6-8,14-15,19H,9-11H2,1-5H3/t14?,15-/m0/s1. The van der Waals surface area contributed by atoms with Crippen LogP contribution in [0.1, 0.15) is 32.0 Å². The first kappa shape index (κ1) is 17.7. The van der Waals surface area contributed by atoms with Gasteiger partial charge in [-0.25, -0.2) is 4.79 Å². The fourth-order valence-corrected chi connectivity index (χ4v) is 2.52. The molecule has 128 valence electrons. The van der Waals surface area contributed by atoms with E-state index in [-0.39, 0.29) is 18.2 Å². The number of ether oxygens (including phenoxy) is 2. The highest BCUT2D eigenvalue weighted by Crippen LogP contribution is 2.18. The van der Waals surface area contributed by atoms with Crippen LogP contribution in [0, 0.1) is 6.92 Å². The van der Waals surface area contributed by atoms with Crippen molar-refractivity contribution in [3.05, 3.63) is 29.6 Å². The lowest BCUT2D eigenvalue weighted by molar-refractivity contribution is 0.0252. The molecule has 2 rings (SSSR count). The molecule has 1 aliphatic heterocycles. The van der Waals surface area contributed by atoms with Gasteiger partial charge in [-0.15, -0.1) is 0 Å². The molecule has 1 aliphatic rings. The van der Waals surface area contributed by atoms with Gasteiger partial charge < -0.3 is 19.7 Å². The summed E-state index contributed by atoms with van der Waals surface area (Å²) in [5.74, 6) is 0. The van der Waals surface area contributed by atoms with E-state index in [9.17, 15) is 4.79 Å². The number of hydrogen-bond acceptors (Lipinski definition) is 5. The van der Waals surface area contributed by atoms with Gasteiger partial charge in [-0.3, -0.25) is 4.98 Å². The maximum atomic E-state index is 12.2. The number of methoxy groups -OCH3 is 1. The minimum Gasteiger partial charge on any atom is -0.444 e. The summed E-state index contributed by atoms with van der Waals surface area (Å²) in [6, 6.07) is 4.11. The summed E-state index contributed by atoms with van der Waals surface area (Å²) in [6.45, 7) is 9.37. The first-order chi connectivity index (χ1) is 10.8. The Balaban J connectivity index is 1.91. The van der Waals surface area contributed by atoms with Crippen LogP contribution in [0.15, 0.2) is 18.3 Å². The Bertz CT molecular complexity index is 525. The van der Waals surface area contributed by atoms with Crippen molar-refractivity contribution in [3.63, 3.8) is 0 Å². The molecule has 23 heavy (non-hydrogen) atoms. The molecule has 1 fully saturated rings. The summed E-state index contributed by atoms with van der Waals surface area (Å²) in [4.78, 5) is 18.3. The molecule has 0 aromatic carbocycles. The van der Waals surface area contributed by atoms with Crippen molar-refractivity contribution in [1.29, 1.82) is 0 Å². The fraction of sp³-hybridized carbons (Fsp3) is 0.647. The van der Waals surface area contributed by atoms with Crippen LogP contribution in [0.2, 0.25) is 0 Å². The third-order valence-corrected chi connectivity index (χ3v) is 3.74. The molecule has 1 amide bonds. The van der Waals surface area contributed by atoms with Gasteiger partial charge in [0.15, 0.2) is 0 Å². The summed E-state index contributed by atoms with van der Waals surface area (Å²) in [5.41, 5.74) is 1.62. The summed E-state index contributed by atoms with van der Waals surface area (Å²) in [6.07, 6.45) is 1.51. The first-order valence-corrected chi connectivity index (χ1v) is 7.94. The number of aryl methyl sites for hydroxylation is 1. The minimum absolute atomic E-state index is 0.0482. The monoisotopic (exact) mass is 321 g/mol. The molecule has 2 heterocycles. The van der Waals surface area contributed by atoms with Crippen molar-refractivity contribution in [3.8, 4) is 0 Å². The van der Waals surface area contributed by atoms with E-state index >= 15 is 0 Å². The van der Waals surface area contributed by atoms with Crippen LogP contribution in [-0.2, 0) is 16.0 Å². The number of carbonyl (C=O) groups is 1. The maximum Gasteiger partial charge on any atom is 0.410 e. The number of nitrogens with zero attached hydrogens (tertiary/aromatic N) is 2. The van der Waals surface area contributed by atoms with Crippen LogP contribution in [0.3, 0.4) is 0 Å². The van der Waals surface area contributed by atoms with Crippen LogP contribution in [-0.4, -0.2) is 53.9 Å². The normalized spacial score (nSPS) is 21.5. The van der Waals surface area contributed by atoms with Crippen molar-refractivity contribution < 1.29 is 14.3 Å². The first-order valence-electron chi connectivity index (χ1n) is 7.94. The second kappa shape index (κ2) is 7.27. The summed E-state index contributed by atoms with van der Waals surface area (Å²) in [7, 11) is 1.67. The van der Waals surface area contributed by atoms with Crippen LogP contribution in [0.5, 0.6) is 0 Å². The minimum atomic E-state index is -0.489. The van der Waals surface area contributed by atoms with E-state index in [0.29, 0.717) is 19.6 Å². The Morgan fingerprint density at radius 2 is 2.13 bits per heavy atom. The van der Waals surface area contributed by atoms with Crippen molar-refractivity contribution in [2.24, 2.45) is 0 Å². The van der Waals surface area contributed by atoms with Crippen molar-refractivity contribution in [2.75, 3.05) is 20.2 Å². The number of carbonyl (C=O) groups excluding carboxylic acids is 1. The Hall–Kier alpha value is -1.66. The number of aromatic nitrogens is 1. The fourth-order valence-electron chi connectivity index (χ4n) is 2.52. The third-order valence-electron chi connectivity index (χ3n) is 3.74. The highest BCUT2D eigenvalue weighted by Gasteiger charge is 2.37. The Morgan fingerprint density at radius 3 is 2.70 bits per heavy atom. The highest BCUT2D eigenvalue weighted by atomic mass is 16.6. The second-order valence-electron chi connectivity index (χ2n) is 6.97. The molecule has 2 atom stereocenters. The summed E-state index contributed by atoms with van der Waals surface area (Å²) in [5, 5.41) is 3.43. The molecule has 0 spiro atoms. The topological polar surface area (TPSA) is 63.7 Å². The van der Waals surface area contributed by atoms with Crippen molar-refractivity contribution in [2.45, 2.75) is 52.0 Å². The van der Waals surface area contributed by atoms with Gasteiger partial charge in [0.05, 0.1) is 24.4 Å². The number of likely N-dealkylation sites (tertiary alicyclic amines) is 1. The van der Waals surface area contributed by atoms with Crippen LogP contribution in [0.4, 0.5) is 4.79 Å². The molecular formula is C17H27N3O3. The molecule has 1 aromatic rings. The maximum absolute atomic E-state index is 12.2. The molecule has 1 N–H and O–H groups in total. The predicted molar refractivity (Wildman–Crippen MR) is 88.2 cm³/mol. The zero-order chi connectivity index (χ0) is 17.0. The zero-order valence-electron chi connectivity index (χ0n) is 14.6. The largest absolute Gasteiger partial charge is 0.444 e. The third kappa shape index (κ3) is 5.18. The van der Waals surface area contributed by atoms with Gasteiger partial charge in [-0.1, -0.05) is 6.07 Å². The molecule has 0 aliphatic carbocycles. The van der Waals surface area contributed by atoms with Crippen LogP contribution in [0.25, 0.3) is 0 Å². The van der Waals surface area contributed by atoms with Gasteiger partial charge in [-0.05, 0) is 39.3 Å². The van der Waals surface area contributed by atoms with Crippen molar-refractivity contribution >= 4 is 6.09 Å². The number of pyridine rings is 1. The van der Waals surface area contributed by atoms with E-state index in [4.69, 9.17) is 9.47 Å². The van der Waals surface area contributed by atoms with E-state index in [2.05, 4.69) is 10.3 Å². The molecule has 1 saturated heterocycles. The molecule has 0 radical (unpaired) electrons. The number of hydrogen-bond donors (Lipinski definition) is 1. The van der Waals surface area contributed by atoms with Gasteiger partial charge in [-0.2, -0.15) is 0 Å². The van der Waals surface area contributed by atoms with Gasteiger partial charge in [0.2, 0.25) is 0 Å². The lowest BCUT2D eigenvalue weighted by atomic mass is 10.2. The summed E-state index contributed by atoms with van der Waals surface area (Å²) < 4.78 is 10.9. The van der Waals surface area contributed by atoms with Gasteiger partial charge in [0.1, 0.15) is 5.60 Å². The van der Waals surface area contributed by atoms with E-state index < -0.39 is 5.60 Å². The Morgan fingerprint density at radius 1 is 1.39 bits per heavy atom. The zero-order valence-corrected chi connectivity index (χ0v) is 14.6. The van der Waals surface area contributed by atoms with Gasteiger partial charge in [0, 0.05) is 26.4 Å². The lowest BCUT2D eigenvalue weighted by Crippen LogP contribution is -2.40. The Labute approximate surface area is 138 Å². The molecule has 6 heteroatoms. The SMILES string of the molecule is CO[C@H]1CN(C(=O)OC(C)(C)C)CC1NCc1ccc(C)cn1. The van der Waals surface area contributed by atoms with Gasteiger partial charge in [0.25, 0.3) is 0 Å². The van der Waals surface area contributed by atoms with E-state index in [0.717, 1.165) is 11.3 Å². The van der Waals surface area contributed by atoms with E-state index in [1.54, 1.807) is 12.0 Å². The molecule has 1 aromatic heterocycles. The molecule has 0 bridgehead atoms. The predicted octanol–water partition coefficient (Wildman–Crippen LogP) is 2.11. The van der Waals surface area contributed by atoms with Gasteiger partial charge >= 0.3 is 6.09 Å². The quantitative estimate of drug-likeness (QED) is 0.920. The smallest absolute Gasteiger partial charge is 0.410 e. The van der Waals surface area contributed by atoms with Crippen LogP contribution >= 0.6 is 0 Å². The average molecular weight is 321 g/mol. The van der Waals surface area contributed by atoms with Crippen molar-refractivity contribution in [1.82, 2.24) is 15.2 Å². The second-order valence-corrected chi connectivity index (χ2v) is 6.97. The van der Waals surface area contributed by atoms with Crippen LogP contribution < -0.4 is 5.32 Å². The number of amides is 1. The van der Waals surface area contributed by atoms with E-state index in [1.165, 1.54) is 0 Å². The van der Waals surface area contributed by atoms with E-state index in [1.807, 2.05) is 46.0 Å². The molecule has 1 unspecified atom stereocenters. The summed E-state index contributed by atoms with van der Waals surface area (Å²) >= 11 is 0. The Kier molecular flexibility index (Phi) is 5.59. The lowest BCUT2D eigenvalue weighted by Gasteiger charge is -2.24. The molecular weight excluding hydrogens is 294 g/mol. The average Bonchev–Trinajstić information content (AvgIpc) is 2.88. The molecule has 0 saturated carbocycles. The molecule has 6 nitrogen and oxygen atoms in total. The highest BCUT2D eigenvalue weighted by molar-refractivity contribution is 5.68. The number of rotatable bonds is 4. The number of nitrogens with one attached hydrogen (secondary N) is 1.